The van der Waals surface area contributed by atoms with Gasteiger partial charge in [-0.05, 0) is 43.3 Å². The van der Waals surface area contributed by atoms with Crippen molar-refractivity contribution in [2.24, 2.45) is 0 Å². The third-order valence-electron chi connectivity index (χ3n) is 3.70. The fraction of sp³-hybridized carbons (Fsp3) is 0.211. The Morgan fingerprint density at radius 2 is 1.93 bits per heavy atom. The molecule has 1 heterocycles. The van der Waals surface area contributed by atoms with Crippen LogP contribution in [0.25, 0.3) is 11.4 Å². The lowest BCUT2D eigenvalue weighted by atomic mass is 10.2. The molecular formula is C19H19N3O4S. The molecule has 27 heavy (non-hydrogen) atoms. The van der Waals surface area contributed by atoms with E-state index in [1.54, 1.807) is 50.6 Å². The number of nitrogens with zero attached hydrogens (tertiary/aromatic N) is 2. The number of aromatic nitrogens is 2. The fourth-order valence-electron chi connectivity index (χ4n) is 2.43. The van der Waals surface area contributed by atoms with Crippen LogP contribution in [0.3, 0.4) is 0 Å². The minimum Gasteiger partial charge on any atom is -0.494 e. The van der Waals surface area contributed by atoms with Gasteiger partial charge in [-0.2, -0.15) is 9.36 Å². The highest BCUT2D eigenvalue weighted by Crippen LogP contribution is 2.32. The van der Waals surface area contributed by atoms with Crippen LogP contribution in [0, 0.1) is 0 Å². The summed E-state index contributed by atoms with van der Waals surface area (Å²) < 4.78 is 20.3. The Morgan fingerprint density at radius 1 is 1.11 bits per heavy atom. The van der Waals surface area contributed by atoms with Gasteiger partial charge in [0.05, 0.1) is 20.8 Å². The third kappa shape index (κ3) is 4.35. The summed E-state index contributed by atoms with van der Waals surface area (Å²) in [6.45, 7) is 2.43. The Hall–Kier alpha value is -3.13. The minimum atomic E-state index is -0.272. The summed E-state index contributed by atoms with van der Waals surface area (Å²) in [6.07, 6.45) is 0. The average molecular weight is 385 g/mol. The molecule has 7 nitrogen and oxygen atoms in total. The molecule has 1 N–H and O–H groups in total. The molecule has 8 heteroatoms. The minimum absolute atomic E-state index is 0.272. The number of carbonyl (C=O) groups is 1. The van der Waals surface area contributed by atoms with Crippen LogP contribution in [0.1, 0.15) is 17.3 Å². The number of ether oxygens (including phenoxy) is 3. The molecule has 3 rings (SSSR count). The molecule has 0 aliphatic heterocycles. The summed E-state index contributed by atoms with van der Waals surface area (Å²) in [7, 11) is 3.14. The summed E-state index contributed by atoms with van der Waals surface area (Å²) in [5, 5.41) is 3.17. The highest BCUT2D eigenvalue weighted by Gasteiger charge is 2.13. The first-order valence-electron chi connectivity index (χ1n) is 8.25. The number of anilines is 1. The van der Waals surface area contributed by atoms with E-state index in [2.05, 4.69) is 14.7 Å². The van der Waals surface area contributed by atoms with Crippen molar-refractivity contribution >= 4 is 22.6 Å². The largest absolute Gasteiger partial charge is 0.494 e. The molecule has 0 aliphatic rings. The van der Waals surface area contributed by atoms with Gasteiger partial charge < -0.3 is 14.2 Å². The van der Waals surface area contributed by atoms with E-state index in [9.17, 15) is 4.79 Å². The Balaban J connectivity index is 1.76. The number of hydrogen-bond donors (Lipinski definition) is 1. The molecule has 0 saturated carbocycles. The normalized spacial score (nSPS) is 10.3. The van der Waals surface area contributed by atoms with Gasteiger partial charge >= 0.3 is 0 Å². The summed E-state index contributed by atoms with van der Waals surface area (Å²) in [4.78, 5) is 16.8. The lowest BCUT2D eigenvalue weighted by Crippen LogP contribution is -2.11. The molecule has 0 bridgehead atoms. The molecule has 1 amide bonds. The third-order valence-corrected chi connectivity index (χ3v) is 4.33. The Kier molecular flexibility index (Phi) is 5.87. The molecule has 3 aromatic rings. The average Bonchev–Trinajstić information content (AvgIpc) is 3.16. The second-order valence-electron chi connectivity index (χ2n) is 5.41. The van der Waals surface area contributed by atoms with E-state index in [4.69, 9.17) is 14.2 Å². The monoisotopic (exact) mass is 385 g/mol. The summed E-state index contributed by atoms with van der Waals surface area (Å²) in [6, 6.07) is 12.4. The topological polar surface area (TPSA) is 82.6 Å². The zero-order chi connectivity index (χ0) is 19.2. The van der Waals surface area contributed by atoms with Crippen molar-refractivity contribution in [2.45, 2.75) is 6.92 Å². The standard InChI is InChI=1S/C19H19N3O4S/c1-4-26-14-7-5-6-13(10-14)18(23)21-19-20-17(22-27-19)12-8-9-15(24-2)16(11-12)25-3/h5-11H,4H2,1-3H3,(H,20,21,22,23). The van der Waals surface area contributed by atoms with Gasteiger partial charge in [0.2, 0.25) is 5.13 Å². The maximum absolute atomic E-state index is 12.4. The number of hydrogen-bond acceptors (Lipinski definition) is 7. The van der Waals surface area contributed by atoms with E-state index in [0.29, 0.717) is 40.4 Å². The number of benzene rings is 2. The van der Waals surface area contributed by atoms with E-state index in [1.165, 1.54) is 0 Å². The highest BCUT2D eigenvalue weighted by atomic mass is 32.1. The fourth-order valence-corrected chi connectivity index (χ4v) is 3.01. The SMILES string of the molecule is CCOc1cccc(C(=O)Nc2nc(-c3ccc(OC)c(OC)c3)ns2)c1. The molecule has 140 valence electrons. The van der Waals surface area contributed by atoms with Crippen molar-refractivity contribution in [3.05, 3.63) is 48.0 Å². The predicted molar refractivity (Wildman–Crippen MR) is 104 cm³/mol. The number of methoxy groups -OCH3 is 2. The van der Waals surface area contributed by atoms with Crippen LogP contribution in [0.5, 0.6) is 17.2 Å². The molecule has 2 aromatic carbocycles. The lowest BCUT2D eigenvalue weighted by Gasteiger charge is -2.07. The summed E-state index contributed by atoms with van der Waals surface area (Å²) in [5.74, 6) is 2.08. The number of carbonyl (C=O) groups excluding carboxylic acids is 1. The second kappa shape index (κ2) is 8.50. The van der Waals surface area contributed by atoms with Crippen LogP contribution in [0.2, 0.25) is 0 Å². The Bertz CT molecular complexity index is 942. The van der Waals surface area contributed by atoms with E-state index >= 15 is 0 Å². The van der Waals surface area contributed by atoms with Crippen LogP contribution < -0.4 is 19.5 Å². The number of rotatable bonds is 7. The molecule has 0 spiro atoms. The van der Waals surface area contributed by atoms with Crippen molar-refractivity contribution in [3.8, 4) is 28.6 Å². The Morgan fingerprint density at radius 3 is 2.67 bits per heavy atom. The second-order valence-corrected chi connectivity index (χ2v) is 6.16. The van der Waals surface area contributed by atoms with Crippen LogP contribution in [-0.4, -0.2) is 36.1 Å². The van der Waals surface area contributed by atoms with Crippen LogP contribution in [0.15, 0.2) is 42.5 Å². The van der Waals surface area contributed by atoms with Crippen LogP contribution in [0.4, 0.5) is 5.13 Å². The molecule has 0 atom stereocenters. The first-order valence-corrected chi connectivity index (χ1v) is 9.02. The van der Waals surface area contributed by atoms with E-state index in [-0.39, 0.29) is 5.91 Å². The van der Waals surface area contributed by atoms with Gasteiger partial charge in [0.25, 0.3) is 5.91 Å². The van der Waals surface area contributed by atoms with Crippen molar-refractivity contribution in [1.29, 1.82) is 0 Å². The van der Waals surface area contributed by atoms with Crippen molar-refractivity contribution in [1.82, 2.24) is 9.36 Å². The van der Waals surface area contributed by atoms with Gasteiger partial charge in [-0.15, -0.1) is 0 Å². The zero-order valence-electron chi connectivity index (χ0n) is 15.2. The van der Waals surface area contributed by atoms with E-state index < -0.39 is 0 Å². The van der Waals surface area contributed by atoms with Crippen molar-refractivity contribution in [2.75, 3.05) is 26.1 Å². The van der Waals surface area contributed by atoms with Gasteiger partial charge in [-0.3, -0.25) is 10.1 Å². The molecule has 0 fully saturated rings. The van der Waals surface area contributed by atoms with Gasteiger partial charge in [0.1, 0.15) is 5.75 Å². The summed E-state index contributed by atoms with van der Waals surface area (Å²) in [5.41, 5.74) is 1.26. The van der Waals surface area contributed by atoms with Crippen molar-refractivity contribution in [3.63, 3.8) is 0 Å². The molecule has 1 aromatic heterocycles. The van der Waals surface area contributed by atoms with E-state index in [1.807, 2.05) is 13.0 Å². The summed E-state index contributed by atoms with van der Waals surface area (Å²) >= 11 is 1.11. The highest BCUT2D eigenvalue weighted by molar-refractivity contribution is 7.10. The molecule has 0 radical (unpaired) electrons. The number of amides is 1. The first-order chi connectivity index (χ1) is 13.1. The Labute approximate surface area is 161 Å². The quantitative estimate of drug-likeness (QED) is 0.665. The zero-order valence-corrected chi connectivity index (χ0v) is 16.0. The van der Waals surface area contributed by atoms with Gasteiger partial charge in [0.15, 0.2) is 17.3 Å². The van der Waals surface area contributed by atoms with Crippen LogP contribution >= 0.6 is 11.5 Å². The molecule has 0 aliphatic carbocycles. The lowest BCUT2D eigenvalue weighted by molar-refractivity contribution is 0.102. The van der Waals surface area contributed by atoms with Crippen LogP contribution in [-0.2, 0) is 0 Å². The molecule has 0 unspecified atom stereocenters. The van der Waals surface area contributed by atoms with Crippen molar-refractivity contribution < 1.29 is 19.0 Å². The van der Waals surface area contributed by atoms with Gasteiger partial charge in [-0.1, -0.05) is 6.07 Å². The van der Waals surface area contributed by atoms with Gasteiger partial charge in [-0.25, -0.2) is 0 Å². The predicted octanol–water partition coefficient (Wildman–Crippen LogP) is 3.87. The molecule has 0 saturated heterocycles. The van der Waals surface area contributed by atoms with Gasteiger partial charge in [0, 0.05) is 22.7 Å². The first kappa shape index (κ1) is 18.7. The maximum Gasteiger partial charge on any atom is 0.257 e. The van der Waals surface area contributed by atoms with E-state index in [0.717, 1.165) is 17.1 Å². The number of nitrogens with one attached hydrogen (secondary N) is 1. The molecular weight excluding hydrogens is 366 g/mol. The maximum atomic E-state index is 12.4. The smallest absolute Gasteiger partial charge is 0.257 e.